The minimum Gasteiger partial charge on any atom is -0.465 e. The first-order valence-electron chi connectivity index (χ1n) is 7.15. The van der Waals surface area contributed by atoms with Crippen LogP contribution < -0.4 is 5.32 Å². The van der Waals surface area contributed by atoms with Crippen LogP contribution in [-0.2, 0) is 16.1 Å². The van der Waals surface area contributed by atoms with Crippen molar-refractivity contribution < 1.29 is 19.5 Å². The summed E-state index contributed by atoms with van der Waals surface area (Å²) < 4.78 is 6.18. The molecular weight excluding hydrogens is 316 g/mol. The van der Waals surface area contributed by atoms with Gasteiger partial charge in [0.25, 0.3) is 0 Å². The number of esters is 1. The van der Waals surface area contributed by atoms with Gasteiger partial charge in [0.1, 0.15) is 0 Å². The average molecular weight is 336 g/mol. The van der Waals surface area contributed by atoms with Crippen molar-refractivity contribution in [2.75, 3.05) is 33.1 Å². The van der Waals surface area contributed by atoms with Crippen molar-refractivity contribution in [3.05, 3.63) is 30.4 Å². The molecule has 2 rings (SSSR count). The molecule has 2 aromatic rings. The van der Waals surface area contributed by atoms with E-state index in [-0.39, 0.29) is 5.56 Å². The van der Waals surface area contributed by atoms with Gasteiger partial charge in [-0.2, -0.15) is 10.2 Å². The Bertz CT molecular complexity index is 660. The smallest absolute Gasteiger partial charge is 0.341 e. The number of carbonyl (C=O) groups is 1. The summed E-state index contributed by atoms with van der Waals surface area (Å²) in [5, 5.41) is 18.6. The molecule has 0 aliphatic carbocycles. The Labute approximate surface area is 139 Å². The zero-order chi connectivity index (χ0) is 17.5. The van der Waals surface area contributed by atoms with Crippen molar-refractivity contribution in [2.45, 2.75) is 12.6 Å². The van der Waals surface area contributed by atoms with E-state index in [4.69, 9.17) is 4.84 Å². The molecular formula is C14H20N6O4. The maximum absolute atomic E-state index is 11.3. The predicted octanol–water partition coefficient (Wildman–Crippen LogP) is 0.0574. The van der Waals surface area contributed by atoms with Crippen LogP contribution in [0.4, 0.5) is 11.6 Å². The van der Waals surface area contributed by atoms with E-state index in [9.17, 15) is 9.90 Å². The molecule has 10 nitrogen and oxygen atoms in total. The standard InChI is InChI=1S/C14H20N6O4/c1-19(24-3)8-12(21)9-20-7-11(6-17-20)18-14-15-4-10(5-16-14)13(22)23-2/h4-7,12,21H,8-9H2,1-3H3,(H,15,16,18). The van der Waals surface area contributed by atoms with Crippen molar-refractivity contribution >= 4 is 17.6 Å². The highest BCUT2D eigenvalue weighted by molar-refractivity contribution is 5.88. The molecule has 1 atom stereocenters. The van der Waals surface area contributed by atoms with Crippen molar-refractivity contribution in [1.82, 2.24) is 24.8 Å². The van der Waals surface area contributed by atoms with Crippen molar-refractivity contribution in [1.29, 1.82) is 0 Å². The van der Waals surface area contributed by atoms with Crippen LogP contribution in [0, 0.1) is 0 Å². The van der Waals surface area contributed by atoms with Gasteiger partial charge in [0.15, 0.2) is 0 Å². The number of carbonyl (C=O) groups excluding carboxylic acids is 1. The van der Waals surface area contributed by atoms with Crippen molar-refractivity contribution in [3.8, 4) is 0 Å². The molecule has 0 aliphatic rings. The normalized spacial score (nSPS) is 12.2. The number of methoxy groups -OCH3 is 1. The van der Waals surface area contributed by atoms with Gasteiger partial charge in [-0.1, -0.05) is 0 Å². The summed E-state index contributed by atoms with van der Waals surface area (Å²) in [7, 11) is 4.56. The number of ether oxygens (including phenoxy) is 1. The highest BCUT2D eigenvalue weighted by Crippen LogP contribution is 2.12. The Balaban J connectivity index is 1.92. The molecule has 10 heteroatoms. The lowest BCUT2D eigenvalue weighted by Crippen LogP contribution is -2.31. The Morgan fingerprint density at radius 3 is 2.71 bits per heavy atom. The van der Waals surface area contributed by atoms with Gasteiger partial charge in [-0.15, -0.1) is 0 Å². The van der Waals surface area contributed by atoms with Gasteiger partial charge in [-0.05, 0) is 0 Å². The maximum atomic E-state index is 11.3. The van der Waals surface area contributed by atoms with Gasteiger partial charge in [0, 0.05) is 25.6 Å². The lowest BCUT2D eigenvalue weighted by molar-refractivity contribution is -0.129. The lowest BCUT2D eigenvalue weighted by Gasteiger charge is -2.17. The second-order valence-electron chi connectivity index (χ2n) is 5.01. The van der Waals surface area contributed by atoms with Crippen LogP contribution in [0.5, 0.6) is 0 Å². The topological polar surface area (TPSA) is 115 Å². The Hall–Kier alpha value is -2.56. The Morgan fingerprint density at radius 1 is 1.38 bits per heavy atom. The van der Waals surface area contributed by atoms with Crippen LogP contribution in [-0.4, -0.2) is 69.8 Å². The van der Waals surface area contributed by atoms with E-state index in [0.717, 1.165) is 0 Å². The summed E-state index contributed by atoms with van der Waals surface area (Å²) in [5.41, 5.74) is 0.928. The van der Waals surface area contributed by atoms with Crippen LogP contribution in [0.2, 0.25) is 0 Å². The fourth-order valence-electron chi connectivity index (χ4n) is 1.92. The molecule has 0 saturated heterocycles. The van der Waals surface area contributed by atoms with E-state index in [1.54, 1.807) is 24.1 Å². The van der Waals surface area contributed by atoms with E-state index in [2.05, 4.69) is 25.1 Å². The Morgan fingerprint density at radius 2 is 2.08 bits per heavy atom. The number of nitrogens with one attached hydrogen (secondary N) is 1. The summed E-state index contributed by atoms with van der Waals surface area (Å²) in [5.74, 6) is -0.175. The first-order valence-corrected chi connectivity index (χ1v) is 7.15. The van der Waals surface area contributed by atoms with Crippen LogP contribution in [0.25, 0.3) is 0 Å². The van der Waals surface area contributed by atoms with E-state index in [1.165, 1.54) is 31.7 Å². The Kier molecular flexibility index (Phi) is 6.18. The highest BCUT2D eigenvalue weighted by Gasteiger charge is 2.11. The number of anilines is 2. The van der Waals surface area contributed by atoms with E-state index in [0.29, 0.717) is 24.7 Å². The van der Waals surface area contributed by atoms with E-state index < -0.39 is 12.1 Å². The number of nitrogens with zero attached hydrogens (tertiary/aromatic N) is 5. The molecule has 0 saturated carbocycles. The summed E-state index contributed by atoms with van der Waals surface area (Å²) in [4.78, 5) is 24.3. The fourth-order valence-corrected chi connectivity index (χ4v) is 1.92. The number of likely N-dealkylation sites (N-methyl/N-ethyl adjacent to an activating group) is 1. The summed E-state index contributed by atoms with van der Waals surface area (Å²) in [6.45, 7) is 0.675. The van der Waals surface area contributed by atoms with Crippen LogP contribution in [0.15, 0.2) is 24.8 Å². The van der Waals surface area contributed by atoms with Crippen LogP contribution >= 0.6 is 0 Å². The van der Waals surface area contributed by atoms with Gasteiger partial charge >= 0.3 is 5.97 Å². The predicted molar refractivity (Wildman–Crippen MR) is 84.5 cm³/mol. The van der Waals surface area contributed by atoms with Gasteiger partial charge in [0.2, 0.25) is 5.95 Å². The number of hydrogen-bond donors (Lipinski definition) is 2. The molecule has 0 aromatic carbocycles. The average Bonchev–Trinajstić information content (AvgIpc) is 3.01. The van der Waals surface area contributed by atoms with E-state index in [1.807, 2.05) is 0 Å². The van der Waals surface area contributed by atoms with Gasteiger partial charge in [-0.3, -0.25) is 4.68 Å². The second-order valence-corrected chi connectivity index (χ2v) is 5.01. The van der Waals surface area contributed by atoms with Crippen LogP contribution in [0.3, 0.4) is 0 Å². The largest absolute Gasteiger partial charge is 0.465 e. The third-order valence-corrected chi connectivity index (χ3v) is 3.14. The van der Waals surface area contributed by atoms with Gasteiger partial charge in [-0.25, -0.2) is 14.8 Å². The van der Waals surface area contributed by atoms with Gasteiger partial charge in [0.05, 0.1) is 50.9 Å². The third-order valence-electron chi connectivity index (χ3n) is 3.14. The molecule has 24 heavy (non-hydrogen) atoms. The number of hydrogen-bond acceptors (Lipinski definition) is 9. The zero-order valence-corrected chi connectivity index (χ0v) is 13.7. The van der Waals surface area contributed by atoms with Crippen molar-refractivity contribution in [3.63, 3.8) is 0 Å². The molecule has 0 spiro atoms. The molecule has 2 aromatic heterocycles. The molecule has 0 bridgehead atoms. The van der Waals surface area contributed by atoms with Gasteiger partial charge < -0.3 is 20.0 Å². The SMILES string of the molecule is COC(=O)c1cnc(Nc2cnn(CC(O)CN(C)OC)c2)nc1. The molecule has 0 radical (unpaired) electrons. The fraction of sp³-hybridized carbons (Fsp3) is 0.429. The number of hydroxylamine groups is 2. The molecule has 1 unspecified atom stereocenters. The zero-order valence-electron chi connectivity index (χ0n) is 13.7. The van der Waals surface area contributed by atoms with E-state index >= 15 is 0 Å². The highest BCUT2D eigenvalue weighted by atomic mass is 16.7. The number of aliphatic hydroxyl groups excluding tert-OH is 1. The quantitative estimate of drug-likeness (QED) is 0.510. The summed E-state index contributed by atoms with van der Waals surface area (Å²) in [6.07, 6.45) is 5.42. The second kappa shape index (κ2) is 8.34. The molecule has 2 heterocycles. The monoisotopic (exact) mass is 336 g/mol. The third kappa shape index (κ3) is 4.98. The summed E-state index contributed by atoms with van der Waals surface area (Å²) >= 11 is 0. The molecule has 130 valence electrons. The minimum atomic E-state index is -0.627. The first-order chi connectivity index (χ1) is 11.5. The number of rotatable bonds is 8. The molecule has 0 aliphatic heterocycles. The minimum absolute atomic E-state index is 0.268. The lowest BCUT2D eigenvalue weighted by atomic mass is 10.3. The molecule has 2 N–H and O–H groups in total. The van der Waals surface area contributed by atoms with Crippen molar-refractivity contribution in [2.24, 2.45) is 0 Å². The first kappa shape index (κ1) is 17.8. The number of aliphatic hydroxyl groups is 1. The molecule has 0 amide bonds. The molecule has 0 fully saturated rings. The maximum Gasteiger partial charge on any atom is 0.341 e. The van der Waals surface area contributed by atoms with Crippen LogP contribution in [0.1, 0.15) is 10.4 Å². The number of aromatic nitrogens is 4. The summed E-state index contributed by atoms with van der Waals surface area (Å²) in [6, 6.07) is 0.